The minimum Gasteiger partial charge on any atom is -0.482 e. The van der Waals surface area contributed by atoms with E-state index in [-0.39, 0.29) is 17.8 Å². The first kappa shape index (κ1) is 25.9. The summed E-state index contributed by atoms with van der Waals surface area (Å²) in [6.07, 6.45) is 4.63. The van der Waals surface area contributed by atoms with E-state index in [1.54, 1.807) is 36.5 Å². The molecule has 2 N–H and O–H groups in total. The summed E-state index contributed by atoms with van der Waals surface area (Å²) in [4.78, 5) is 24.6. The zero-order valence-electron chi connectivity index (χ0n) is 22.1. The third-order valence-corrected chi connectivity index (χ3v) is 8.33. The molecule has 206 valence electrons. The maximum Gasteiger partial charge on any atom is 0.325 e. The van der Waals surface area contributed by atoms with E-state index in [1.807, 2.05) is 23.5 Å². The average Bonchev–Trinajstić information content (AvgIpc) is 3.39. The van der Waals surface area contributed by atoms with E-state index in [1.165, 1.54) is 0 Å². The second-order valence-electron chi connectivity index (χ2n) is 10.3. The van der Waals surface area contributed by atoms with Crippen LogP contribution in [0.5, 0.6) is 5.88 Å². The molecule has 1 atom stereocenters. The van der Waals surface area contributed by atoms with Crippen LogP contribution in [0.15, 0.2) is 30.3 Å². The molecule has 0 bridgehead atoms. The number of hydrogen-bond donors (Lipinski definition) is 1. The van der Waals surface area contributed by atoms with Gasteiger partial charge in [-0.05, 0) is 68.3 Å². The fraction of sp³-hybridized carbons (Fsp3) is 0.444. The van der Waals surface area contributed by atoms with Gasteiger partial charge in [0.1, 0.15) is 22.8 Å². The van der Waals surface area contributed by atoms with Gasteiger partial charge in [-0.2, -0.15) is 8.78 Å². The molecule has 0 aromatic carbocycles. The van der Waals surface area contributed by atoms with E-state index in [0.29, 0.717) is 41.7 Å². The lowest BCUT2D eigenvalue weighted by Gasteiger charge is -2.19. The van der Waals surface area contributed by atoms with Crippen LogP contribution >= 0.6 is 11.9 Å². The molecule has 0 unspecified atom stereocenters. The number of anilines is 1. The normalized spacial score (nSPS) is 17.6. The standard InChI is InChI=1S/C27H31F2N7O2S/c1-15-24(31-22-11-18(12-23(38-2)35(15)22)26(37)33-9-8-19(30)14-33)20-10-17-6-7-21(36(39-3)27(28)29)32-25(17)34(20)13-16-4-5-16/h6-7,10-12,16,19,27H,4-5,8-9,13-14,30H2,1-3H3/t19-/m0/s1. The number of hydrogen-bond acceptors (Lipinski definition) is 7. The van der Waals surface area contributed by atoms with Gasteiger partial charge >= 0.3 is 6.55 Å². The summed E-state index contributed by atoms with van der Waals surface area (Å²) in [7, 11) is 1.57. The number of amides is 1. The van der Waals surface area contributed by atoms with Crippen LogP contribution in [0.25, 0.3) is 28.1 Å². The Labute approximate surface area is 229 Å². The number of rotatable bonds is 8. The van der Waals surface area contributed by atoms with E-state index >= 15 is 0 Å². The molecule has 1 amide bonds. The van der Waals surface area contributed by atoms with Crippen LogP contribution in [-0.2, 0) is 6.54 Å². The van der Waals surface area contributed by atoms with Crippen molar-refractivity contribution >= 4 is 40.4 Å². The highest BCUT2D eigenvalue weighted by molar-refractivity contribution is 7.99. The zero-order valence-corrected chi connectivity index (χ0v) is 22.9. The van der Waals surface area contributed by atoms with Crippen molar-refractivity contribution in [2.24, 2.45) is 11.7 Å². The van der Waals surface area contributed by atoms with Crippen molar-refractivity contribution in [3.05, 3.63) is 41.6 Å². The molecular formula is C27H31F2N7O2S. The molecule has 2 aliphatic rings. The van der Waals surface area contributed by atoms with Gasteiger partial charge in [-0.25, -0.2) is 14.3 Å². The molecule has 1 aliphatic heterocycles. The van der Waals surface area contributed by atoms with Crippen molar-refractivity contribution in [3.63, 3.8) is 0 Å². The molecule has 4 aromatic rings. The molecule has 1 aliphatic carbocycles. The highest BCUT2D eigenvalue weighted by atomic mass is 32.2. The number of likely N-dealkylation sites (tertiary alicyclic amines) is 1. The Morgan fingerprint density at radius 2 is 2.03 bits per heavy atom. The molecule has 6 rings (SSSR count). The second kappa shape index (κ2) is 9.98. The van der Waals surface area contributed by atoms with Crippen LogP contribution in [0.2, 0.25) is 0 Å². The predicted octanol–water partition coefficient (Wildman–Crippen LogP) is 4.56. The molecule has 0 radical (unpaired) electrons. The van der Waals surface area contributed by atoms with E-state index in [9.17, 15) is 13.6 Å². The molecule has 9 nitrogen and oxygen atoms in total. The summed E-state index contributed by atoms with van der Waals surface area (Å²) < 4.78 is 37.8. The first-order valence-electron chi connectivity index (χ1n) is 13.0. The summed E-state index contributed by atoms with van der Waals surface area (Å²) in [6, 6.07) is 8.99. The van der Waals surface area contributed by atoms with Crippen LogP contribution < -0.4 is 14.8 Å². The second-order valence-corrected chi connectivity index (χ2v) is 11.0. The minimum atomic E-state index is -2.67. The van der Waals surface area contributed by atoms with Gasteiger partial charge in [0.2, 0.25) is 0 Å². The van der Waals surface area contributed by atoms with Gasteiger partial charge in [-0.15, -0.1) is 0 Å². The summed E-state index contributed by atoms with van der Waals surface area (Å²) >= 11 is 0.941. The van der Waals surface area contributed by atoms with Gasteiger partial charge in [-0.1, -0.05) is 0 Å². The number of aromatic nitrogens is 4. The lowest BCUT2D eigenvalue weighted by Crippen LogP contribution is -2.31. The number of carbonyl (C=O) groups is 1. The Morgan fingerprint density at radius 3 is 2.67 bits per heavy atom. The SMILES string of the molecule is COc1cc(C(=O)N2CC[C@H](N)C2)cc2nc(-c3cc4ccc(N(SC)C(F)F)nc4n3CC3CC3)c(C)n12. The molecule has 1 saturated heterocycles. The number of aryl methyl sites for hydroxylation is 1. The number of alkyl halides is 2. The van der Waals surface area contributed by atoms with Crippen molar-refractivity contribution in [1.29, 1.82) is 0 Å². The van der Waals surface area contributed by atoms with Crippen LogP contribution in [0, 0.1) is 12.8 Å². The van der Waals surface area contributed by atoms with Crippen LogP contribution in [0.1, 0.15) is 35.3 Å². The van der Waals surface area contributed by atoms with Crippen molar-refractivity contribution in [3.8, 4) is 17.3 Å². The maximum absolute atomic E-state index is 13.6. The Hall–Kier alpha value is -3.38. The number of methoxy groups -OCH3 is 1. The highest BCUT2D eigenvalue weighted by Gasteiger charge is 2.29. The lowest BCUT2D eigenvalue weighted by molar-refractivity contribution is 0.0790. The van der Waals surface area contributed by atoms with E-state index in [4.69, 9.17) is 15.5 Å². The Morgan fingerprint density at radius 1 is 1.23 bits per heavy atom. The van der Waals surface area contributed by atoms with Crippen molar-refractivity contribution < 1.29 is 18.3 Å². The Bertz CT molecular complexity index is 1570. The third kappa shape index (κ3) is 4.59. The van der Waals surface area contributed by atoms with Gasteiger partial charge in [-0.3, -0.25) is 9.20 Å². The molecule has 2 fully saturated rings. The fourth-order valence-corrected chi connectivity index (χ4v) is 5.85. The topological polar surface area (TPSA) is 93.9 Å². The smallest absolute Gasteiger partial charge is 0.325 e. The van der Waals surface area contributed by atoms with E-state index < -0.39 is 6.55 Å². The number of ether oxygens (including phenoxy) is 1. The quantitative estimate of drug-likeness (QED) is 0.252. The number of imidazole rings is 1. The highest BCUT2D eigenvalue weighted by Crippen LogP contribution is 2.38. The van der Waals surface area contributed by atoms with Gasteiger partial charge < -0.3 is 19.9 Å². The minimum absolute atomic E-state index is 0.00828. The number of pyridine rings is 2. The molecule has 1 saturated carbocycles. The molecule has 4 aromatic heterocycles. The summed E-state index contributed by atoms with van der Waals surface area (Å²) in [5.41, 5.74) is 10.2. The fourth-order valence-electron chi connectivity index (χ4n) is 5.40. The van der Waals surface area contributed by atoms with Crippen molar-refractivity contribution in [2.45, 2.75) is 45.3 Å². The summed E-state index contributed by atoms with van der Waals surface area (Å²) in [6.45, 7) is 1.18. The van der Waals surface area contributed by atoms with Gasteiger partial charge in [0, 0.05) is 48.9 Å². The monoisotopic (exact) mass is 555 g/mol. The lowest BCUT2D eigenvalue weighted by atomic mass is 10.2. The number of carbonyl (C=O) groups excluding carboxylic acids is 1. The van der Waals surface area contributed by atoms with Gasteiger partial charge in [0.15, 0.2) is 5.88 Å². The van der Waals surface area contributed by atoms with E-state index in [0.717, 1.165) is 64.5 Å². The first-order chi connectivity index (χ1) is 18.8. The predicted molar refractivity (Wildman–Crippen MR) is 148 cm³/mol. The molecule has 12 heteroatoms. The Kier molecular flexibility index (Phi) is 6.62. The molecule has 39 heavy (non-hydrogen) atoms. The molecule has 5 heterocycles. The maximum atomic E-state index is 13.6. The van der Waals surface area contributed by atoms with Crippen molar-refractivity contribution in [2.75, 3.05) is 30.8 Å². The Balaban J connectivity index is 1.48. The van der Waals surface area contributed by atoms with Crippen molar-refractivity contribution in [1.82, 2.24) is 23.8 Å². The average molecular weight is 556 g/mol. The molecule has 0 spiro atoms. The van der Waals surface area contributed by atoms with E-state index in [2.05, 4.69) is 9.55 Å². The summed E-state index contributed by atoms with van der Waals surface area (Å²) in [5, 5.41) is 0.856. The number of halogens is 2. The summed E-state index contributed by atoms with van der Waals surface area (Å²) in [5.74, 6) is 1.14. The number of nitrogens with zero attached hydrogens (tertiary/aromatic N) is 6. The number of fused-ring (bicyclic) bond motifs is 2. The largest absolute Gasteiger partial charge is 0.482 e. The number of nitrogens with two attached hydrogens (primary N) is 1. The van der Waals surface area contributed by atoms with Gasteiger partial charge in [0.25, 0.3) is 5.91 Å². The third-order valence-electron chi connectivity index (χ3n) is 7.59. The molecular weight excluding hydrogens is 524 g/mol. The van der Waals surface area contributed by atoms with Crippen LogP contribution in [0.3, 0.4) is 0 Å². The van der Waals surface area contributed by atoms with Crippen LogP contribution in [-0.4, -0.2) is 68.8 Å². The van der Waals surface area contributed by atoms with Crippen LogP contribution in [0.4, 0.5) is 14.6 Å². The zero-order chi connectivity index (χ0) is 27.4. The van der Waals surface area contributed by atoms with Gasteiger partial charge in [0.05, 0.1) is 18.5 Å². The first-order valence-corrected chi connectivity index (χ1v) is 14.2.